The van der Waals surface area contributed by atoms with Crippen LogP contribution in [0.1, 0.15) is 0 Å². The van der Waals surface area contributed by atoms with Gasteiger partial charge >= 0.3 is 0 Å². The maximum atomic E-state index is 10.0. The molecule has 1 atom stereocenters. The minimum absolute atomic E-state index is 0.195. The first kappa shape index (κ1) is 16.7. The van der Waals surface area contributed by atoms with E-state index in [0.29, 0.717) is 28.4 Å². The summed E-state index contributed by atoms with van der Waals surface area (Å²) in [5.41, 5.74) is 0.751. The lowest BCUT2D eigenvalue weighted by atomic mass is 10.2. The molecule has 1 N–H and O–H groups in total. The summed E-state index contributed by atoms with van der Waals surface area (Å²) in [6, 6.07) is 14.8. The van der Waals surface area contributed by atoms with Crippen LogP contribution in [0.3, 0.4) is 0 Å². The van der Waals surface area contributed by atoms with E-state index in [1.165, 1.54) is 11.8 Å². The fourth-order valence-corrected chi connectivity index (χ4v) is 3.01. The molecular weight excluding hydrogens is 356 g/mol. The van der Waals surface area contributed by atoms with Crippen LogP contribution in [0.5, 0.6) is 17.2 Å². The molecule has 134 valence electrons. The van der Waals surface area contributed by atoms with Crippen molar-refractivity contribution in [2.45, 2.75) is 11.3 Å². The highest BCUT2D eigenvalue weighted by molar-refractivity contribution is 7.99. The number of nitrogens with zero attached hydrogens (tertiary/aromatic N) is 2. The van der Waals surface area contributed by atoms with Crippen LogP contribution in [0.4, 0.5) is 0 Å². The van der Waals surface area contributed by atoms with Crippen LogP contribution < -0.4 is 14.2 Å². The van der Waals surface area contributed by atoms with E-state index >= 15 is 0 Å². The lowest BCUT2D eigenvalue weighted by Gasteiger charge is -2.10. The van der Waals surface area contributed by atoms with Gasteiger partial charge in [0.15, 0.2) is 11.5 Å². The van der Waals surface area contributed by atoms with Gasteiger partial charge < -0.3 is 23.7 Å². The summed E-state index contributed by atoms with van der Waals surface area (Å²) in [6.07, 6.45) is -0.652. The second-order valence-corrected chi connectivity index (χ2v) is 6.50. The Hall–Kier alpha value is -2.71. The number of rotatable bonds is 7. The number of aliphatic hydroxyl groups excluding tert-OH is 1. The predicted octanol–water partition coefficient (Wildman–Crippen LogP) is 3.00. The summed E-state index contributed by atoms with van der Waals surface area (Å²) < 4.78 is 21.8. The summed E-state index contributed by atoms with van der Waals surface area (Å²) in [5.74, 6) is 2.85. The molecule has 0 radical (unpaired) electrons. The van der Waals surface area contributed by atoms with Crippen LogP contribution in [0, 0.1) is 0 Å². The molecule has 0 saturated heterocycles. The molecule has 4 rings (SSSR count). The molecule has 0 unspecified atom stereocenters. The summed E-state index contributed by atoms with van der Waals surface area (Å²) in [4.78, 5) is 0. The van der Waals surface area contributed by atoms with Crippen LogP contribution in [0.25, 0.3) is 11.5 Å². The Morgan fingerprint density at radius 1 is 1.08 bits per heavy atom. The highest BCUT2D eigenvalue weighted by atomic mass is 32.2. The maximum Gasteiger partial charge on any atom is 0.276 e. The Morgan fingerprint density at radius 2 is 1.92 bits per heavy atom. The van der Waals surface area contributed by atoms with Gasteiger partial charge in [-0.3, -0.25) is 0 Å². The second-order valence-electron chi connectivity index (χ2n) is 5.53. The summed E-state index contributed by atoms with van der Waals surface area (Å²) in [5, 5.41) is 18.5. The molecule has 0 aliphatic carbocycles. The third kappa shape index (κ3) is 3.92. The molecule has 8 heteroatoms. The van der Waals surface area contributed by atoms with Crippen molar-refractivity contribution in [1.82, 2.24) is 10.2 Å². The zero-order valence-electron chi connectivity index (χ0n) is 13.7. The number of aliphatic hydroxyl groups is 1. The Kier molecular flexibility index (Phi) is 4.94. The Bertz CT molecular complexity index is 871. The third-order valence-corrected chi connectivity index (χ3v) is 4.57. The van der Waals surface area contributed by atoms with Crippen molar-refractivity contribution in [1.29, 1.82) is 0 Å². The van der Waals surface area contributed by atoms with Gasteiger partial charge in [-0.1, -0.05) is 30.0 Å². The first-order valence-electron chi connectivity index (χ1n) is 8.00. The van der Waals surface area contributed by atoms with E-state index in [1.54, 1.807) is 12.1 Å². The van der Waals surface area contributed by atoms with Gasteiger partial charge in [0.1, 0.15) is 12.4 Å². The van der Waals surface area contributed by atoms with Crippen molar-refractivity contribution in [3.05, 3.63) is 48.5 Å². The number of thioether (sulfide) groups is 1. The minimum Gasteiger partial charge on any atom is -0.491 e. The molecule has 0 bridgehead atoms. The zero-order valence-corrected chi connectivity index (χ0v) is 14.5. The topological polar surface area (TPSA) is 86.8 Å². The zero-order chi connectivity index (χ0) is 17.8. The molecule has 3 aromatic rings. The first-order chi connectivity index (χ1) is 12.8. The summed E-state index contributed by atoms with van der Waals surface area (Å²) in [6.45, 7) is 0.410. The van der Waals surface area contributed by atoms with E-state index in [-0.39, 0.29) is 13.4 Å². The van der Waals surface area contributed by atoms with Crippen molar-refractivity contribution in [3.8, 4) is 28.7 Å². The Balaban J connectivity index is 1.31. The van der Waals surface area contributed by atoms with Crippen molar-refractivity contribution < 1.29 is 23.7 Å². The standard InChI is InChI=1S/C18H16N2O5S/c21-13(9-22-14-4-2-1-3-5-14)10-26-18-20-19-17(25-18)12-6-7-15-16(8-12)24-11-23-15/h1-8,13,21H,9-11H2/t13-/m1/s1. The lowest BCUT2D eigenvalue weighted by molar-refractivity contribution is 0.126. The van der Waals surface area contributed by atoms with Gasteiger partial charge in [0.25, 0.3) is 5.22 Å². The molecule has 1 aliphatic rings. The number of para-hydroxylation sites is 1. The molecule has 0 spiro atoms. The SMILES string of the molecule is O[C@H](COc1ccccc1)CSc1nnc(-c2ccc3c(c2)OCO3)o1. The molecule has 0 amide bonds. The molecule has 1 aromatic heterocycles. The van der Waals surface area contributed by atoms with Crippen LogP contribution in [-0.2, 0) is 0 Å². The van der Waals surface area contributed by atoms with E-state index in [2.05, 4.69) is 10.2 Å². The van der Waals surface area contributed by atoms with E-state index in [9.17, 15) is 5.11 Å². The van der Waals surface area contributed by atoms with Crippen molar-refractivity contribution in [2.75, 3.05) is 19.2 Å². The number of aromatic nitrogens is 2. The Morgan fingerprint density at radius 3 is 2.81 bits per heavy atom. The quantitative estimate of drug-likeness (QED) is 0.634. The average Bonchev–Trinajstić information content (AvgIpc) is 3.34. The Labute approximate surface area is 153 Å². The molecule has 2 aromatic carbocycles. The van der Waals surface area contributed by atoms with Crippen molar-refractivity contribution >= 4 is 11.8 Å². The summed E-state index contributed by atoms with van der Waals surface area (Å²) >= 11 is 1.28. The normalized spacial score (nSPS) is 13.6. The predicted molar refractivity (Wildman–Crippen MR) is 94.5 cm³/mol. The molecule has 7 nitrogen and oxygen atoms in total. The third-order valence-electron chi connectivity index (χ3n) is 3.61. The number of fused-ring (bicyclic) bond motifs is 1. The van der Waals surface area contributed by atoms with E-state index < -0.39 is 6.10 Å². The van der Waals surface area contributed by atoms with Crippen LogP contribution in [0.2, 0.25) is 0 Å². The smallest absolute Gasteiger partial charge is 0.276 e. The fraction of sp³-hybridized carbons (Fsp3) is 0.222. The van der Waals surface area contributed by atoms with Crippen LogP contribution >= 0.6 is 11.8 Å². The molecule has 1 aliphatic heterocycles. The molecule has 0 saturated carbocycles. The minimum atomic E-state index is -0.652. The van der Waals surface area contributed by atoms with Gasteiger partial charge in [-0.05, 0) is 30.3 Å². The monoisotopic (exact) mass is 372 g/mol. The van der Waals surface area contributed by atoms with Gasteiger partial charge in [-0.25, -0.2) is 0 Å². The van der Waals surface area contributed by atoms with E-state index in [0.717, 1.165) is 11.3 Å². The van der Waals surface area contributed by atoms with Gasteiger partial charge in [0.2, 0.25) is 12.7 Å². The fourth-order valence-electron chi connectivity index (χ4n) is 2.34. The molecule has 0 fully saturated rings. The second kappa shape index (κ2) is 7.67. The molecule has 2 heterocycles. The number of ether oxygens (including phenoxy) is 3. The van der Waals surface area contributed by atoms with Crippen molar-refractivity contribution in [3.63, 3.8) is 0 Å². The number of hydrogen-bond donors (Lipinski definition) is 1. The highest BCUT2D eigenvalue weighted by Gasteiger charge is 2.17. The van der Waals surface area contributed by atoms with Gasteiger partial charge in [-0.15, -0.1) is 10.2 Å². The van der Waals surface area contributed by atoms with E-state index in [4.69, 9.17) is 18.6 Å². The molecule has 26 heavy (non-hydrogen) atoms. The van der Waals surface area contributed by atoms with Crippen LogP contribution in [0.15, 0.2) is 58.2 Å². The van der Waals surface area contributed by atoms with E-state index in [1.807, 2.05) is 36.4 Å². The maximum absolute atomic E-state index is 10.0. The average molecular weight is 372 g/mol. The van der Waals surface area contributed by atoms with Gasteiger partial charge in [0.05, 0.1) is 6.10 Å². The number of benzene rings is 2. The first-order valence-corrected chi connectivity index (χ1v) is 8.99. The van der Waals surface area contributed by atoms with Gasteiger partial charge in [-0.2, -0.15) is 0 Å². The summed E-state index contributed by atoms with van der Waals surface area (Å²) in [7, 11) is 0. The van der Waals surface area contributed by atoms with Crippen LogP contribution in [-0.4, -0.2) is 40.6 Å². The van der Waals surface area contributed by atoms with Crippen molar-refractivity contribution in [2.24, 2.45) is 0 Å². The molecular formula is C18H16N2O5S. The largest absolute Gasteiger partial charge is 0.491 e. The van der Waals surface area contributed by atoms with Gasteiger partial charge in [0, 0.05) is 11.3 Å². The highest BCUT2D eigenvalue weighted by Crippen LogP contribution is 2.36. The number of hydrogen-bond acceptors (Lipinski definition) is 8. The lowest BCUT2D eigenvalue weighted by Crippen LogP contribution is -2.20.